The molecule has 3 rings (SSSR count). The average molecular weight is 433 g/mol. The molecule has 2 fully saturated rings. The molecule has 0 radical (unpaired) electrons. The van der Waals surface area contributed by atoms with Crippen molar-refractivity contribution in [1.29, 1.82) is 0 Å². The molecule has 0 spiro atoms. The summed E-state index contributed by atoms with van der Waals surface area (Å²) in [5, 5.41) is 0.507. The summed E-state index contributed by atoms with van der Waals surface area (Å²) >= 11 is 1.09. The zero-order valence-corrected chi connectivity index (χ0v) is 15.2. The maximum Gasteiger partial charge on any atom is 0.416 e. The van der Waals surface area contributed by atoms with Crippen LogP contribution in [-0.2, 0) is 20.6 Å². The van der Waals surface area contributed by atoms with Crippen LogP contribution in [0.5, 0.6) is 0 Å². The molecule has 13 heteroatoms. The van der Waals surface area contributed by atoms with E-state index in [9.17, 15) is 37.1 Å². The number of anilines is 1. The van der Waals surface area contributed by atoms with Crippen molar-refractivity contribution >= 4 is 57.4 Å². The lowest BCUT2D eigenvalue weighted by atomic mass is 10.2. The van der Waals surface area contributed by atoms with E-state index in [4.69, 9.17) is 0 Å². The molecule has 0 saturated carbocycles. The van der Waals surface area contributed by atoms with Crippen LogP contribution in [0.3, 0.4) is 0 Å². The van der Waals surface area contributed by atoms with E-state index in [-0.39, 0.29) is 5.69 Å². The zero-order valence-electron chi connectivity index (χ0n) is 13.6. The molecule has 2 aliphatic rings. The van der Waals surface area contributed by atoms with Gasteiger partial charge in [0.25, 0.3) is 10.5 Å². The van der Waals surface area contributed by atoms with Crippen LogP contribution >= 0.6 is 23.5 Å². The Kier molecular flexibility index (Phi) is 5.39. The topological polar surface area (TPSA) is 113 Å². The van der Waals surface area contributed by atoms with Gasteiger partial charge in [0.1, 0.15) is 17.0 Å². The quantitative estimate of drug-likeness (QED) is 0.747. The van der Waals surface area contributed by atoms with Crippen LogP contribution in [0.1, 0.15) is 5.56 Å². The molecule has 0 bridgehead atoms. The molecule has 1 aromatic rings. The van der Waals surface area contributed by atoms with Crippen molar-refractivity contribution in [3.8, 4) is 0 Å². The van der Waals surface area contributed by atoms with Gasteiger partial charge in [-0.1, -0.05) is 6.07 Å². The van der Waals surface area contributed by atoms with Gasteiger partial charge in [-0.15, -0.1) is 0 Å². The molecule has 2 aliphatic heterocycles. The minimum atomic E-state index is -4.59. The number of nitrogens with zero attached hydrogens (tertiary/aromatic N) is 1. The Hall–Kier alpha value is -2.54. The molecular weight excluding hydrogens is 423 g/mol. The number of carbonyl (C=O) groups excluding carboxylic acids is 5. The highest BCUT2D eigenvalue weighted by Gasteiger charge is 2.50. The number of hydrogen-bond acceptors (Lipinski definition) is 7. The molecule has 2 atom stereocenters. The number of hydrogen-bond donors (Lipinski definition) is 2. The Labute approximate surface area is 163 Å². The van der Waals surface area contributed by atoms with Gasteiger partial charge in [-0.25, -0.2) is 0 Å². The fourth-order valence-corrected chi connectivity index (χ4v) is 4.59. The maximum atomic E-state index is 12.7. The molecule has 2 N–H and O–H groups in total. The second kappa shape index (κ2) is 7.47. The Morgan fingerprint density at radius 2 is 1.86 bits per heavy atom. The highest BCUT2D eigenvalue weighted by atomic mass is 32.2. The lowest BCUT2D eigenvalue weighted by Gasteiger charge is -2.15. The molecule has 28 heavy (non-hydrogen) atoms. The standard InChI is InChI=1S/C15H10F3N3O5S2/c16-15(17,18)6-2-1-3-7(4-6)19-8(22)5-21-12(24)10(28-14(21)26)9-11(23)20-13(25)27-9/h1-4,9-10H,5H2,(H,19,22)(H,20,23,25)/t9-,10-/m0/s1. The predicted octanol–water partition coefficient (Wildman–Crippen LogP) is 2.06. The summed E-state index contributed by atoms with van der Waals surface area (Å²) < 4.78 is 38.1. The van der Waals surface area contributed by atoms with Gasteiger partial charge in [0.05, 0.1) is 5.56 Å². The van der Waals surface area contributed by atoms with Gasteiger partial charge in [0.2, 0.25) is 17.7 Å². The lowest BCUT2D eigenvalue weighted by Crippen LogP contribution is -2.42. The van der Waals surface area contributed by atoms with E-state index in [1.54, 1.807) is 0 Å². The van der Waals surface area contributed by atoms with Gasteiger partial charge >= 0.3 is 6.18 Å². The number of halogens is 3. The van der Waals surface area contributed by atoms with E-state index in [0.717, 1.165) is 12.1 Å². The molecule has 0 aliphatic carbocycles. The van der Waals surface area contributed by atoms with Crippen LogP contribution in [0.4, 0.5) is 28.4 Å². The van der Waals surface area contributed by atoms with Gasteiger partial charge in [-0.3, -0.25) is 34.2 Å². The summed E-state index contributed by atoms with van der Waals surface area (Å²) in [6.07, 6.45) is -4.59. The molecule has 1 aromatic carbocycles. The van der Waals surface area contributed by atoms with E-state index >= 15 is 0 Å². The van der Waals surface area contributed by atoms with Crippen molar-refractivity contribution in [2.75, 3.05) is 11.9 Å². The van der Waals surface area contributed by atoms with Crippen LogP contribution in [0.25, 0.3) is 0 Å². The first kappa shape index (κ1) is 20.2. The molecular formula is C15H10F3N3O5S2. The van der Waals surface area contributed by atoms with Crippen LogP contribution in [0.15, 0.2) is 24.3 Å². The number of carbonyl (C=O) groups is 5. The largest absolute Gasteiger partial charge is 0.416 e. The van der Waals surface area contributed by atoms with Crippen LogP contribution in [0.2, 0.25) is 0 Å². The van der Waals surface area contributed by atoms with E-state index < -0.39 is 57.0 Å². The van der Waals surface area contributed by atoms with E-state index in [0.29, 0.717) is 34.5 Å². The first-order chi connectivity index (χ1) is 13.1. The van der Waals surface area contributed by atoms with Gasteiger partial charge < -0.3 is 5.32 Å². The SMILES string of the molecule is O=C(CN1C(=O)S[C@@H]([C@@H]2SC(=O)NC2=O)C1=O)Nc1cccc(C(F)(F)F)c1. The van der Waals surface area contributed by atoms with Crippen molar-refractivity contribution in [3.63, 3.8) is 0 Å². The Balaban J connectivity index is 1.66. The number of alkyl halides is 3. The molecule has 2 heterocycles. The summed E-state index contributed by atoms with van der Waals surface area (Å²) in [6.45, 7) is -0.732. The molecule has 0 unspecified atom stereocenters. The second-order valence-electron chi connectivity index (χ2n) is 5.67. The van der Waals surface area contributed by atoms with Gasteiger partial charge in [0, 0.05) is 5.69 Å². The number of thioether (sulfide) groups is 2. The molecule has 0 aromatic heterocycles. The first-order valence-electron chi connectivity index (χ1n) is 7.57. The third-order valence-corrected chi connectivity index (χ3v) is 6.10. The van der Waals surface area contributed by atoms with Crippen molar-refractivity contribution in [3.05, 3.63) is 29.8 Å². The predicted molar refractivity (Wildman–Crippen MR) is 93.5 cm³/mol. The zero-order chi connectivity index (χ0) is 20.6. The average Bonchev–Trinajstić information content (AvgIpc) is 3.07. The molecule has 8 nitrogen and oxygen atoms in total. The Bertz CT molecular complexity index is 892. The van der Waals surface area contributed by atoms with Crippen LogP contribution < -0.4 is 10.6 Å². The minimum absolute atomic E-state index is 0.153. The third kappa shape index (κ3) is 4.14. The Morgan fingerprint density at radius 1 is 1.14 bits per heavy atom. The van der Waals surface area contributed by atoms with Crippen LogP contribution in [-0.4, -0.2) is 50.1 Å². The number of imide groups is 2. The van der Waals surface area contributed by atoms with E-state index in [1.807, 2.05) is 5.32 Å². The molecule has 2 saturated heterocycles. The number of amides is 5. The Morgan fingerprint density at radius 3 is 2.46 bits per heavy atom. The highest BCUT2D eigenvalue weighted by Crippen LogP contribution is 2.36. The van der Waals surface area contributed by atoms with Crippen molar-refractivity contribution in [2.24, 2.45) is 0 Å². The van der Waals surface area contributed by atoms with Crippen molar-refractivity contribution < 1.29 is 37.1 Å². The van der Waals surface area contributed by atoms with Gasteiger partial charge in [0.15, 0.2) is 0 Å². The normalized spacial score (nSPS) is 22.6. The minimum Gasteiger partial charge on any atom is -0.325 e. The summed E-state index contributed by atoms with van der Waals surface area (Å²) in [5.41, 5.74) is -1.12. The summed E-state index contributed by atoms with van der Waals surface area (Å²) in [5.74, 6) is -2.41. The second-order valence-corrected chi connectivity index (χ2v) is 7.88. The number of nitrogens with one attached hydrogen (secondary N) is 2. The fraction of sp³-hybridized carbons (Fsp3) is 0.267. The third-order valence-electron chi connectivity index (χ3n) is 3.73. The smallest absolute Gasteiger partial charge is 0.325 e. The molecule has 148 valence electrons. The maximum absolute atomic E-state index is 12.7. The monoisotopic (exact) mass is 433 g/mol. The number of rotatable bonds is 4. The van der Waals surface area contributed by atoms with Crippen LogP contribution in [0, 0.1) is 0 Å². The fourth-order valence-electron chi connectivity index (χ4n) is 2.49. The summed E-state index contributed by atoms with van der Waals surface area (Å²) in [6, 6.07) is 3.87. The van der Waals surface area contributed by atoms with E-state index in [1.165, 1.54) is 6.07 Å². The highest BCUT2D eigenvalue weighted by molar-refractivity contribution is 8.19. The van der Waals surface area contributed by atoms with Crippen molar-refractivity contribution in [1.82, 2.24) is 10.2 Å². The van der Waals surface area contributed by atoms with Crippen molar-refractivity contribution in [2.45, 2.75) is 16.7 Å². The summed E-state index contributed by atoms with van der Waals surface area (Å²) in [4.78, 5) is 60.0. The summed E-state index contributed by atoms with van der Waals surface area (Å²) in [7, 11) is 0. The first-order valence-corrected chi connectivity index (χ1v) is 9.33. The lowest BCUT2D eigenvalue weighted by molar-refractivity contribution is -0.137. The van der Waals surface area contributed by atoms with Gasteiger partial charge in [-0.05, 0) is 41.7 Å². The number of benzene rings is 1. The molecule has 5 amide bonds. The van der Waals surface area contributed by atoms with E-state index in [2.05, 4.69) is 5.32 Å². The van der Waals surface area contributed by atoms with Gasteiger partial charge in [-0.2, -0.15) is 13.2 Å².